The third-order valence-electron chi connectivity index (χ3n) is 1.49. The van der Waals surface area contributed by atoms with E-state index in [4.69, 9.17) is 23.2 Å². The molecule has 0 aliphatic carbocycles. The van der Waals surface area contributed by atoms with Crippen molar-refractivity contribution in [1.29, 1.82) is 0 Å². The van der Waals surface area contributed by atoms with E-state index >= 15 is 0 Å². The summed E-state index contributed by atoms with van der Waals surface area (Å²) < 4.78 is 1.85. The number of aryl methyl sites for hydroxylation is 1. The minimum absolute atomic E-state index is 0.391. The van der Waals surface area contributed by atoms with Gasteiger partial charge in [-0.1, -0.05) is 36.5 Å². The van der Waals surface area contributed by atoms with Gasteiger partial charge in [-0.25, -0.2) is 4.98 Å². The fourth-order valence-electron chi connectivity index (χ4n) is 0.827. The minimum Gasteiger partial charge on any atom is -0.320 e. The molecule has 1 aromatic heterocycles. The van der Waals surface area contributed by atoms with Gasteiger partial charge in [0.2, 0.25) is 0 Å². The summed E-state index contributed by atoms with van der Waals surface area (Å²) in [6, 6.07) is 0. The van der Waals surface area contributed by atoms with Gasteiger partial charge in [-0.2, -0.15) is 0 Å². The second-order valence-electron chi connectivity index (χ2n) is 2.37. The van der Waals surface area contributed by atoms with E-state index in [-0.39, 0.29) is 0 Å². The molecular formula is C7H10Cl2N2. The van der Waals surface area contributed by atoms with Crippen molar-refractivity contribution < 1.29 is 0 Å². The molecule has 0 bridgehead atoms. The molecule has 0 atom stereocenters. The first-order chi connectivity index (χ1) is 5.25. The van der Waals surface area contributed by atoms with Crippen LogP contribution < -0.4 is 0 Å². The van der Waals surface area contributed by atoms with Crippen LogP contribution in [0.3, 0.4) is 0 Å². The van der Waals surface area contributed by atoms with Crippen LogP contribution in [0.4, 0.5) is 0 Å². The molecule has 0 aliphatic heterocycles. The molecule has 0 N–H and O–H groups in total. The van der Waals surface area contributed by atoms with Crippen LogP contribution in [0.2, 0.25) is 10.3 Å². The maximum Gasteiger partial charge on any atom is 0.166 e. The van der Waals surface area contributed by atoms with E-state index in [0.717, 1.165) is 19.4 Å². The summed E-state index contributed by atoms with van der Waals surface area (Å²) in [7, 11) is 0. The maximum atomic E-state index is 5.81. The normalized spacial score (nSPS) is 10.5. The highest BCUT2D eigenvalue weighted by Gasteiger charge is 2.03. The van der Waals surface area contributed by atoms with E-state index in [9.17, 15) is 0 Å². The maximum absolute atomic E-state index is 5.81. The molecule has 0 aromatic carbocycles. The van der Waals surface area contributed by atoms with Gasteiger partial charge in [-0.3, -0.25) is 0 Å². The average Bonchev–Trinajstić information content (AvgIpc) is 2.31. The molecule has 0 saturated carbocycles. The minimum atomic E-state index is 0.391. The number of rotatable bonds is 3. The smallest absolute Gasteiger partial charge is 0.166 e. The molecule has 0 saturated heterocycles. The zero-order valence-electron chi connectivity index (χ0n) is 6.35. The SMILES string of the molecule is CCCCn1cnc(Cl)c1Cl. The average molecular weight is 193 g/mol. The predicted octanol–water partition coefficient (Wildman–Crippen LogP) is 2.99. The van der Waals surface area contributed by atoms with Crippen LogP contribution in [0.1, 0.15) is 19.8 Å². The van der Waals surface area contributed by atoms with Crippen LogP contribution in [0.5, 0.6) is 0 Å². The van der Waals surface area contributed by atoms with E-state index in [2.05, 4.69) is 11.9 Å². The van der Waals surface area contributed by atoms with Crippen molar-refractivity contribution in [1.82, 2.24) is 9.55 Å². The van der Waals surface area contributed by atoms with Crippen LogP contribution in [-0.2, 0) is 6.54 Å². The predicted molar refractivity (Wildman–Crippen MR) is 47.2 cm³/mol. The molecule has 0 spiro atoms. The molecule has 0 aliphatic rings. The fraction of sp³-hybridized carbons (Fsp3) is 0.571. The Morgan fingerprint density at radius 1 is 1.55 bits per heavy atom. The Morgan fingerprint density at radius 3 is 2.73 bits per heavy atom. The first-order valence-electron chi connectivity index (χ1n) is 3.61. The summed E-state index contributed by atoms with van der Waals surface area (Å²) in [5.74, 6) is 0. The van der Waals surface area contributed by atoms with Gasteiger partial charge in [0.05, 0.1) is 6.33 Å². The summed E-state index contributed by atoms with van der Waals surface area (Å²) in [5.41, 5.74) is 0. The standard InChI is InChI=1S/C7H10Cl2N2/c1-2-3-4-11-5-10-6(8)7(11)9/h5H,2-4H2,1H3. The second-order valence-corrected chi connectivity index (χ2v) is 3.09. The summed E-state index contributed by atoms with van der Waals surface area (Å²) in [6.07, 6.45) is 3.92. The van der Waals surface area contributed by atoms with Gasteiger partial charge in [-0.15, -0.1) is 0 Å². The third-order valence-corrected chi connectivity index (χ3v) is 2.25. The lowest BCUT2D eigenvalue weighted by molar-refractivity contribution is 0.632. The number of halogens is 2. The molecule has 0 unspecified atom stereocenters. The topological polar surface area (TPSA) is 17.8 Å². The zero-order chi connectivity index (χ0) is 8.27. The Balaban J connectivity index is 2.63. The molecule has 4 heteroatoms. The van der Waals surface area contributed by atoms with E-state index in [1.165, 1.54) is 0 Å². The van der Waals surface area contributed by atoms with Crippen molar-refractivity contribution in [2.45, 2.75) is 26.3 Å². The number of aromatic nitrogens is 2. The second kappa shape index (κ2) is 3.98. The fourth-order valence-corrected chi connectivity index (χ4v) is 1.16. The van der Waals surface area contributed by atoms with Gasteiger partial charge in [0.25, 0.3) is 0 Å². The number of hydrogen-bond donors (Lipinski definition) is 0. The van der Waals surface area contributed by atoms with Crippen LogP contribution in [0.15, 0.2) is 6.33 Å². The Kier molecular flexibility index (Phi) is 3.21. The van der Waals surface area contributed by atoms with Crippen molar-refractivity contribution in [2.24, 2.45) is 0 Å². The lowest BCUT2D eigenvalue weighted by Crippen LogP contribution is -1.94. The van der Waals surface area contributed by atoms with E-state index in [1.807, 2.05) is 4.57 Å². The molecule has 2 nitrogen and oxygen atoms in total. The molecule has 1 aromatic rings. The summed E-state index contributed by atoms with van der Waals surface area (Å²) in [5, 5.41) is 0.933. The van der Waals surface area contributed by atoms with Gasteiger partial charge in [0, 0.05) is 6.54 Å². The number of unbranched alkanes of at least 4 members (excludes halogenated alkanes) is 1. The largest absolute Gasteiger partial charge is 0.320 e. The van der Waals surface area contributed by atoms with Crippen LogP contribution in [0.25, 0.3) is 0 Å². The van der Waals surface area contributed by atoms with Crippen molar-refractivity contribution in [3.8, 4) is 0 Å². The van der Waals surface area contributed by atoms with Gasteiger partial charge in [-0.05, 0) is 6.42 Å². The Hall–Kier alpha value is -0.210. The number of imidazole rings is 1. The Morgan fingerprint density at radius 2 is 2.27 bits per heavy atom. The first kappa shape index (κ1) is 8.88. The number of hydrogen-bond acceptors (Lipinski definition) is 1. The van der Waals surface area contributed by atoms with Crippen LogP contribution >= 0.6 is 23.2 Å². The number of nitrogens with zero attached hydrogens (tertiary/aromatic N) is 2. The molecule has 1 heterocycles. The van der Waals surface area contributed by atoms with E-state index in [1.54, 1.807) is 6.33 Å². The quantitative estimate of drug-likeness (QED) is 0.721. The highest BCUT2D eigenvalue weighted by molar-refractivity contribution is 6.40. The van der Waals surface area contributed by atoms with Gasteiger partial charge in [0.1, 0.15) is 5.15 Å². The van der Waals surface area contributed by atoms with Crippen molar-refractivity contribution in [3.05, 3.63) is 16.6 Å². The van der Waals surface area contributed by atoms with Crippen LogP contribution in [-0.4, -0.2) is 9.55 Å². The summed E-state index contributed by atoms with van der Waals surface area (Å²) in [6.45, 7) is 3.03. The van der Waals surface area contributed by atoms with Crippen molar-refractivity contribution >= 4 is 23.2 Å². The van der Waals surface area contributed by atoms with E-state index in [0.29, 0.717) is 10.3 Å². The van der Waals surface area contributed by atoms with Crippen molar-refractivity contribution in [3.63, 3.8) is 0 Å². The Labute approximate surface area is 76.1 Å². The molecule has 11 heavy (non-hydrogen) atoms. The summed E-state index contributed by atoms with van der Waals surface area (Å²) >= 11 is 11.5. The van der Waals surface area contributed by atoms with Crippen molar-refractivity contribution in [2.75, 3.05) is 0 Å². The van der Waals surface area contributed by atoms with Gasteiger partial charge >= 0.3 is 0 Å². The molecule has 1 rings (SSSR count). The van der Waals surface area contributed by atoms with Gasteiger partial charge in [0.15, 0.2) is 5.15 Å². The highest BCUT2D eigenvalue weighted by Crippen LogP contribution is 2.19. The first-order valence-corrected chi connectivity index (χ1v) is 4.37. The van der Waals surface area contributed by atoms with Gasteiger partial charge < -0.3 is 4.57 Å². The van der Waals surface area contributed by atoms with E-state index < -0.39 is 0 Å². The molecular weight excluding hydrogens is 183 g/mol. The molecule has 62 valence electrons. The third kappa shape index (κ3) is 2.11. The highest BCUT2D eigenvalue weighted by atomic mass is 35.5. The monoisotopic (exact) mass is 192 g/mol. The Bertz CT molecular complexity index is 232. The lowest BCUT2D eigenvalue weighted by atomic mass is 10.3. The summed E-state index contributed by atoms with van der Waals surface area (Å²) in [4.78, 5) is 3.87. The lowest BCUT2D eigenvalue weighted by Gasteiger charge is -2.00. The zero-order valence-corrected chi connectivity index (χ0v) is 7.86. The molecule has 0 amide bonds. The molecule has 0 fully saturated rings. The van der Waals surface area contributed by atoms with Crippen LogP contribution in [0, 0.1) is 0 Å². The molecule has 0 radical (unpaired) electrons.